The summed E-state index contributed by atoms with van der Waals surface area (Å²) in [5.41, 5.74) is 2.31. The number of hydrogen-bond donors (Lipinski definition) is 2. The third-order valence-corrected chi connectivity index (χ3v) is 3.80. The molecule has 0 aromatic heterocycles. The van der Waals surface area contributed by atoms with Crippen LogP contribution in [0.1, 0.15) is 38.3 Å². The van der Waals surface area contributed by atoms with Gasteiger partial charge in [-0.25, -0.2) is 4.79 Å². The molecule has 1 aliphatic rings. The fourth-order valence-electron chi connectivity index (χ4n) is 2.59. The van der Waals surface area contributed by atoms with Crippen molar-refractivity contribution in [1.29, 1.82) is 0 Å². The van der Waals surface area contributed by atoms with Crippen LogP contribution in [-0.4, -0.2) is 24.8 Å². The summed E-state index contributed by atoms with van der Waals surface area (Å²) in [5, 5.41) is 6.78. The number of esters is 1. The van der Waals surface area contributed by atoms with Crippen molar-refractivity contribution < 1.29 is 14.3 Å². The number of rotatable bonds is 6. The number of ether oxygens (including phenoxy) is 2. The second-order valence-electron chi connectivity index (χ2n) is 5.17. The molecule has 0 radical (unpaired) electrons. The van der Waals surface area contributed by atoms with Gasteiger partial charge in [0.25, 0.3) is 0 Å². The lowest BCUT2D eigenvalue weighted by atomic mass is 9.94. The van der Waals surface area contributed by atoms with Crippen LogP contribution in [0, 0.1) is 0 Å². The van der Waals surface area contributed by atoms with Gasteiger partial charge in [0.2, 0.25) is 0 Å². The Labute approximate surface area is 142 Å². The third-order valence-electron chi connectivity index (χ3n) is 3.58. The summed E-state index contributed by atoms with van der Waals surface area (Å²) in [4.78, 5) is 12.5. The highest BCUT2D eigenvalue weighted by atomic mass is 32.1. The van der Waals surface area contributed by atoms with Crippen molar-refractivity contribution in [2.75, 3.05) is 13.7 Å². The molecule has 1 aromatic carbocycles. The van der Waals surface area contributed by atoms with Crippen molar-refractivity contribution >= 4 is 23.3 Å². The van der Waals surface area contributed by atoms with E-state index in [0.29, 0.717) is 17.3 Å². The quantitative estimate of drug-likeness (QED) is 0.616. The number of carbonyl (C=O) groups is 1. The number of allylic oxidation sites excluding steroid dienone is 1. The van der Waals surface area contributed by atoms with E-state index in [0.717, 1.165) is 29.9 Å². The Hall–Kier alpha value is -2.08. The molecular weight excluding hydrogens is 312 g/mol. The maximum absolute atomic E-state index is 12.5. The first-order valence-electron chi connectivity index (χ1n) is 7.72. The smallest absolute Gasteiger partial charge is 0.338 e. The van der Waals surface area contributed by atoms with Gasteiger partial charge < -0.3 is 20.1 Å². The molecule has 6 heteroatoms. The highest BCUT2D eigenvalue weighted by Crippen LogP contribution is 2.31. The van der Waals surface area contributed by atoms with Gasteiger partial charge in [-0.2, -0.15) is 0 Å². The van der Waals surface area contributed by atoms with Gasteiger partial charge in [-0.1, -0.05) is 25.5 Å². The van der Waals surface area contributed by atoms with Crippen LogP contribution < -0.4 is 15.4 Å². The molecule has 1 unspecified atom stereocenters. The SMILES string of the molecule is CCCC1=C(C(=O)OCC)C(c2cccc(OC)c2)NC(=S)N1. The average Bonchev–Trinajstić information content (AvgIpc) is 2.55. The standard InChI is InChI=1S/C17H22N2O3S/c1-4-7-13-14(16(20)22-5-2)15(19-17(23)18-13)11-8-6-9-12(10-11)21-3/h6,8-10,15H,4-5,7H2,1-3H3,(H2,18,19,23). The third kappa shape index (κ3) is 4.01. The Bertz CT molecular complexity index is 628. The molecule has 124 valence electrons. The van der Waals surface area contributed by atoms with Gasteiger partial charge >= 0.3 is 5.97 Å². The van der Waals surface area contributed by atoms with Crippen LogP contribution in [0.2, 0.25) is 0 Å². The molecule has 1 aliphatic heterocycles. The zero-order chi connectivity index (χ0) is 16.8. The predicted molar refractivity (Wildman–Crippen MR) is 93.2 cm³/mol. The maximum atomic E-state index is 12.5. The van der Waals surface area contributed by atoms with E-state index in [9.17, 15) is 4.79 Å². The highest BCUT2D eigenvalue weighted by molar-refractivity contribution is 7.80. The molecule has 0 bridgehead atoms. The number of hydrogen-bond acceptors (Lipinski definition) is 4. The minimum absolute atomic E-state index is 0.328. The molecule has 0 saturated heterocycles. The Balaban J connectivity index is 2.49. The molecule has 23 heavy (non-hydrogen) atoms. The lowest BCUT2D eigenvalue weighted by Crippen LogP contribution is -2.45. The number of methoxy groups -OCH3 is 1. The Morgan fingerprint density at radius 3 is 2.78 bits per heavy atom. The van der Waals surface area contributed by atoms with Crippen molar-refractivity contribution in [3.8, 4) is 5.75 Å². The molecular formula is C17H22N2O3S. The molecule has 0 fully saturated rings. The number of carbonyl (C=O) groups excluding carboxylic acids is 1. The summed E-state index contributed by atoms with van der Waals surface area (Å²) in [7, 11) is 1.62. The Morgan fingerprint density at radius 1 is 1.35 bits per heavy atom. The molecule has 1 aromatic rings. The second-order valence-corrected chi connectivity index (χ2v) is 5.58. The van der Waals surface area contributed by atoms with E-state index in [2.05, 4.69) is 17.6 Å². The van der Waals surface area contributed by atoms with E-state index in [1.54, 1.807) is 14.0 Å². The van der Waals surface area contributed by atoms with E-state index in [4.69, 9.17) is 21.7 Å². The fraction of sp³-hybridized carbons (Fsp3) is 0.412. The first-order chi connectivity index (χ1) is 11.1. The summed E-state index contributed by atoms with van der Waals surface area (Å²) in [6.07, 6.45) is 1.63. The number of thiocarbonyl (C=S) groups is 1. The minimum Gasteiger partial charge on any atom is -0.497 e. The zero-order valence-corrected chi connectivity index (χ0v) is 14.5. The van der Waals surface area contributed by atoms with Crippen LogP contribution in [0.15, 0.2) is 35.5 Å². The minimum atomic E-state index is -0.348. The summed E-state index contributed by atoms with van der Waals surface area (Å²) in [5.74, 6) is 0.403. The lowest BCUT2D eigenvalue weighted by molar-refractivity contribution is -0.139. The zero-order valence-electron chi connectivity index (χ0n) is 13.6. The summed E-state index contributed by atoms with van der Waals surface area (Å²) < 4.78 is 10.5. The average molecular weight is 334 g/mol. The van der Waals surface area contributed by atoms with E-state index in [1.165, 1.54) is 0 Å². The molecule has 0 saturated carbocycles. The van der Waals surface area contributed by atoms with Crippen LogP contribution >= 0.6 is 12.2 Å². The first-order valence-corrected chi connectivity index (χ1v) is 8.13. The van der Waals surface area contributed by atoms with Crippen molar-refractivity contribution in [2.24, 2.45) is 0 Å². The molecule has 0 spiro atoms. The van der Waals surface area contributed by atoms with Crippen LogP contribution in [0.5, 0.6) is 5.75 Å². The van der Waals surface area contributed by atoms with Gasteiger partial charge in [-0.15, -0.1) is 0 Å². The molecule has 2 rings (SSSR count). The van der Waals surface area contributed by atoms with Crippen molar-refractivity contribution in [3.05, 3.63) is 41.1 Å². The van der Waals surface area contributed by atoms with Crippen LogP contribution in [-0.2, 0) is 9.53 Å². The normalized spacial score (nSPS) is 17.3. The van der Waals surface area contributed by atoms with Crippen molar-refractivity contribution in [1.82, 2.24) is 10.6 Å². The van der Waals surface area contributed by atoms with E-state index in [-0.39, 0.29) is 12.0 Å². The van der Waals surface area contributed by atoms with Crippen LogP contribution in [0.3, 0.4) is 0 Å². The molecule has 0 aliphatic carbocycles. The largest absolute Gasteiger partial charge is 0.497 e. The van der Waals surface area contributed by atoms with Crippen LogP contribution in [0.25, 0.3) is 0 Å². The van der Waals surface area contributed by atoms with Gasteiger partial charge in [0, 0.05) is 5.70 Å². The molecule has 5 nitrogen and oxygen atoms in total. The van der Waals surface area contributed by atoms with Gasteiger partial charge in [0.15, 0.2) is 5.11 Å². The number of nitrogens with one attached hydrogen (secondary N) is 2. The Morgan fingerprint density at radius 2 is 2.13 bits per heavy atom. The van der Waals surface area contributed by atoms with Gasteiger partial charge in [-0.05, 0) is 43.3 Å². The maximum Gasteiger partial charge on any atom is 0.338 e. The lowest BCUT2D eigenvalue weighted by Gasteiger charge is -2.31. The summed E-state index contributed by atoms with van der Waals surface area (Å²) in [6.45, 7) is 4.19. The molecule has 1 heterocycles. The molecule has 2 N–H and O–H groups in total. The summed E-state index contributed by atoms with van der Waals surface area (Å²) >= 11 is 5.30. The second kappa shape index (κ2) is 7.97. The van der Waals surface area contributed by atoms with Gasteiger partial charge in [0.1, 0.15) is 5.75 Å². The Kier molecular flexibility index (Phi) is 5.98. The van der Waals surface area contributed by atoms with Crippen LogP contribution in [0.4, 0.5) is 0 Å². The topological polar surface area (TPSA) is 59.6 Å². The highest BCUT2D eigenvalue weighted by Gasteiger charge is 2.32. The number of benzene rings is 1. The van der Waals surface area contributed by atoms with E-state index in [1.807, 2.05) is 24.3 Å². The van der Waals surface area contributed by atoms with Gasteiger partial charge in [0.05, 0.1) is 25.3 Å². The predicted octanol–water partition coefficient (Wildman–Crippen LogP) is 2.83. The van der Waals surface area contributed by atoms with E-state index < -0.39 is 0 Å². The fourth-order valence-corrected chi connectivity index (χ4v) is 2.83. The van der Waals surface area contributed by atoms with Crippen molar-refractivity contribution in [3.63, 3.8) is 0 Å². The molecule has 0 amide bonds. The summed E-state index contributed by atoms with van der Waals surface area (Å²) in [6, 6.07) is 7.25. The van der Waals surface area contributed by atoms with Gasteiger partial charge in [-0.3, -0.25) is 0 Å². The van der Waals surface area contributed by atoms with E-state index >= 15 is 0 Å². The molecule has 1 atom stereocenters. The first kappa shape index (κ1) is 17.3. The monoisotopic (exact) mass is 334 g/mol. The van der Waals surface area contributed by atoms with Crippen molar-refractivity contribution in [2.45, 2.75) is 32.7 Å².